The molecular formula is C18H25N5S. The smallest absolute Gasteiger partial charge is 0.191 e. The molecule has 24 heavy (non-hydrogen) atoms. The number of thiazole rings is 1. The molecule has 1 saturated heterocycles. The molecule has 0 atom stereocenters. The lowest BCUT2D eigenvalue weighted by Gasteiger charge is -2.12. The largest absolute Gasteiger partial charge is 0.356 e. The van der Waals surface area contributed by atoms with Crippen LogP contribution < -0.4 is 15.5 Å². The van der Waals surface area contributed by atoms with E-state index in [1.54, 1.807) is 18.4 Å². The van der Waals surface area contributed by atoms with Gasteiger partial charge in [0.15, 0.2) is 11.1 Å². The van der Waals surface area contributed by atoms with Crippen LogP contribution in [0.4, 0.5) is 5.13 Å². The highest BCUT2D eigenvalue weighted by Gasteiger charge is 2.15. The van der Waals surface area contributed by atoms with Crippen LogP contribution in [0.1, 0.15) is 24.1 Å². The summed E-state index contributed by atoms with van der Waals surface area (Å²) in [6.45, 7) is 3.91. The highest BCUT2D eigenvalue weighted by Crippen LogP contribution is 2.24. The monoisotopic (exact) mass is 343 g/mol. The highest BCUT2D eigenvalue weighted by atomic mass is 32.1. The van der Waals surface area contributed by atoms with E-state index in [0.717, 1.165) is 44.3 Å². The van der Waals surface area contributed by atoms with Gasteiger partial charge in [0.05, 0.1) is 5.69 Å². The summed E-state index contributed by atoms with van der Waals surface area (Å²) < 4.78 is 0. The first-order valence-corrected chi connectivity index (χ1v) is 9.41. The molecule has 2 aromatic rings. The zero-order chi connectivity index (χ0) is 16.6. The third kappa shape index (κ3) is 4.71. The number of benzene rings is 1. The number of rotatable bonds is 6. The van der Waals surface area contributed by atoms with Gasteiger partial charge in [-0.1, -0.05) is 30.3 Å². The molecule has 5 nitrogen and oxygen atoms in total. The molecule has 1 aliphatic rings. The molecule has 1 aliphatic heterocycles. The lowest BCUT2D eigenvalue weighted by atomic mass is 10.2. The van der Waals surface area contributed by atoms with Crippen molar-refractivity contribution in [2.45, 2.75) is 25.8 Å². The van der Waals surface area contributed by atoms with Crippen LogP contribution in [0.15, 0.2) is 40.7 Å². The summed E-state index contributed by atoms with van der Waals surface area (Å²) in [5, 5.41) is 10.0. The summed E-state index contributed by atoms with van der Waals surface area (Å²) >= 11 is 1.76. The van der Waals surface area contributed by atoms with Gasteiger partial charge in [-0.2, -0.15) is 0 Å². The predicted molar refractivity (Wildman–Crippen MR) is 102 cm³/mol. The summed E-state index contributed by atoms with van der Waals surface area (Å²) in [5.41, 5.74) is 2.41. The lowest BCUT2D eigenvalue weighted by molar-refractivity contribution is 0.785. The Balaban J connectivity index is 1.41. The van der Waals surface area contributed by atoms with E-state index in [-0.39, 0.29) is 0 Å². The van der Waals surface area contributed by atoms with Crippen LogP contribution in [0.2, 0.25) is 0 Å². The lowest BCUT2D eigenvalue weighted by Crippen LogP contribution is -2.37. The molecule has 0 unspecified atom stereocenters. The van der Waals surface area contributed by atoms with Crippen LogP contribution >= 0.6 is 11.3 Å². The molecule has 0 amide bonds. The van der Waals surface area contributed by atoms with Crippen LogP contribution in [-0.2, 0) is 13.0 Å². The Kier molecular flexibility index (Phi) is 6.07. The van der Waals surface area contributed by atoms with Crippen LogP contribution in [0.25, 0.3) is 0 Å². The number of aliphatic imine (C=N–C) groups is 1. The van der Waals surface area contributed by atoms with Crippen LogP contribution in [0.3, 0.4) is 0 Å². The first kappa shape index (κ1) is 16.8. The molecular weight excluding hydrogens is 318 g/mol. The van der Waals surface area contributed by atoms with Gasteiger partial charge in [0.2, 0.25) is 0 Å². The Morgan fingerprint density at radius 2 is 2.00 bits per heavy atom. The maximum absolute atomic E-state index is 4.75. The second kappa shape index (κ2) is 8.68. The Morgan fingerprint density at radius 1 is 1.21 bits per heavy atom. The molecule has 3 rings (SSSR count). The van der Waals surface area contributed by atoms with Crippen molar-refractivity contribution in [2.75, 3.05) is 31.6 Å². The number of nitrogens with one attached hydrogen (secondary N) is 2. The molecule has 0 radical (unpaired) electrons. The van der Waals surface area contributed by atoms with Crippen LogP contribution in [0, 0.1) is 0 Å². The second-order valence-electron chi connectivity index (χ2n) is 5.90. The van der Waals surface area contributed by atoms with Crippen molar-refractivity contribution in [3.63, 3.8) is 0 Å². The van der Waals surface area contributed by atoms with Gasteiger partial charge in [-0.25, -0.2) is 4.98 Å². The molecule has 1 aromatic carbocycles. The first-order valence-electron chi connectivity index (χ1n) is 8.53. The molecule has 6 heteroatoms. The summed E-state index contributed by atoms with van der Waals surface area (Å²) in [6, 6.07) is 10.3. The fourth-order valence-electron chi connectivity index (χ4n) is 2.78. The van der Waals surface area contributed by atoms with E-state index in [2.05, 4.69) is 38.0 Å². The summed E-state index contributed by atoms with van der Waals surface area (Å²) in [4.78, 5) is 11.4. The molecule has 1 aromatic heterocycles. The average molecular weight is 344 g/mol. The molecule has 0 aliphatic carbocycles. The van der Waals surface area contributed by atoms with E-state index >= 15 is 0 Å². The third-order valence-corrected chi connectivity index (χ3v) is 5.07. The van der Waals surface area contributed by atoms with E-state index in [0.29, 0.717) is 0 Å². The van der Waals surface area contributed by atoms with Gasteiger partial charge in [-0.3, -0.25) is 4.99 Å². The van der Waals surface area contributed by atoms with Gasteiger partial charge in [0.25, 0.3) is 0 Å². The van der Waals surface area contributed by atoms with Crippen LogP contribution in [0.5, 0.6) is 0 Å². The van der Waals surface area contributed by atoms with Crippen molar-refractivity contribution in [2.24, 2.45) is 4.99 Å². The van der Waals surface area contributed by atoms with E-state index in [1.165, 1.54) is 23.5 Å². The van der Waals surface area contributed by atoms with Gasteiger partial charge in [0.1, 0.15) is 0 Å². The fraction of sp³-hybridized carbons (Fsp3) is 0.444. The molecule has 0 saturated carbocycles. The molecule has 1 fully saturated rings. The number of guanidine groups is 1. The highest BCUT2D eigenvalue weighted by molar-refractivity contribution is 7.13. The van der Waals surface area contributed by atoms with Gasteiger partial charge < -0.3 is 15.5 Å². The molecule has 2 heterocycles. The van der Waals surface area contributed by atoms with Crippen molar-refractivity contribution in [3.05, 3.63) is 47.0 Å². The van der Waals surface area contributed by atoms with Crippen molar-refractivity contribution < 1.29 is 0 Å². The Bertz CT molecular complexity index is 646. The summed E-state index contributed by atoms with van der Waals surface area (Å²) in [5.74, 6) is 0.828. The predicted octanol–water partition coefficient (Wildman–Crippen LogP) is 2.65. The molecule has 0 bridgehead atoms. The minimum absolute atomic E-state index is 0.774. The Morgan fingerprint density at radius 3 is 2.75 bits per heavy atom. The van der Waals surface area contributed by atoms with Gasteiger partial charge >= 0.3 is 0 Å². The Hall–Kier alpha value is -2.08. The van der Waals surface area contributed by atoms with E-state index in [1.807, 2.05) is 18.2 Å². The number of aromatic nitrogens is 1. The van der Waals surface area contributed by atoms with Gasteiger partial charge in [-0.15, -0.1) is 11.3 Å². The summed E-state index contributed by atoms with van der Waals surface area (Å²) in [7, 11) is 1.80. The van der Waals surface area contributed by atoms with Gasteiger partial charge in [0, 0.05) is 45.0 Å². The second-order valence-corrected chi connectivity index (χ2v) is 6.74. The zero-order valence-electron chi connectivity index (χ0n) is 14.2. The van der Waals surface area contributed by atoms with E-state index in [9.17, 15) is 0 Å². The first-order chi connectivity index (χ1) is 11.8. The minimum atomic E-state index is 0.774. The van der Waals surface area contributed by atoms with Gasteiger partial charge in [-0.05, 0) is 18.4 Å². The maximum Gasteiger partial charge on any atom is 0.191 e. The summed E-state index contributed by atoms with van der Waals surface area (Å²) in [6.07, 6.45) is 3.50. The number of hydrogen-bond donors (Lipinski definition) is 2. The number of nitrogens with zero attached hydrogens (tertiary/aromatic N) is 3. The SMILES string of the molecule is CN=C(NCCc1csc(N2CCCC2)n1)NCc1ccccc1. The topological polar surface area (TPSA) is 52.6 Å². The average Bonchev–Trinajstić information content (AvgIpc) is 3.30. The van der Waals surface area contributed by atoms with Crippen molar-refractivity contribution >= 4 is 22.4 Å². The molecule has 128 valence electrons. The number of anilines is 1. The van der Waals surface area contributed by atoms with Crippen molar-refractivity contribution in [3.8, 4) is 0 Å². The number of hydrogen-bond acceptors (Lipinski definition) is 4. The van der Waals surface area contributed by atoms with E-state index in [4.69, 9.17) is 4.98 Å². The third-order valence-electron chi connectivity index (χ3n) is 4.12. The fourth-order valence-corrected chi connectivity index (χ4v) is 3.69. The Labute approximate surface area is 147 Å². The maximum atomic E-state index is 4.75. The normalized spacial score (nSPS) is 14.9. The quantitative estimate of drug-likeness (QED) is 0.625. The zero-order valence-corrected chi connectivity index (χ0v) is 15.0. The molecule has 0 spiro atoms. The van der Waals surface area contributed by atoms with E-state index < -0.39 is 0 Å². The van der Waals surface area contributed by atoms with Crippen molar-refractivity contribution in [1.29, 1.82) is 0 Å². The molecule has 2 N–H and O–H groups in total. The van der Waals surface area contributed by atoms with Crippen molar-refractivity contribution in [1.82, 2.24) is 15.6 Å². The van der Waals surface area contributed by atoms with Crippen LogP contribution in [-0.4, -0.2) is 37.6 Å². The standard InChI is InChI=1S/C18H25N5S/c1-19-17(21-13-15-7-3-2-4-8-15)20-10-9-16-14-24-18(22-16)23-11-5-6-12-23/h2-4,7-8,14H,5-6,9-13H2,1H3,(H2,19,20,21). The minimum Gasteiger partial charge on any atom is -0.356 e.